The van der Waals surface area contributed by atoms with Crippen molar-refractivity contribution in [3.8, 4) is 0 Å². The van der Waals surface area contributed by atoms with Crippen molar-refractivity contribution < 1.29 is 16.8 Å². The minimum Gasteiger partial charge on any atom is -0.344 e. The zero-order valence-electron chi connectivity index (χ0n) is 7.03. The largest absolute Gasteiger partial charge is 0.400 e. The van der Waals surface area contributed by atoms with Gasteiger partial charge in [0.2, 0.25) is 0 Å². The van der Waals surface area contributed by atoms with Gasteiger partial charge >= 0.3 is 10.4 Å². The van der Waals surface area contributed by atoms with E-state index in [2.05, 4.69) is 8.37 Å². The van der Waals surface area contributed by atoms with Crippen molar-refractivity contribution >= 4 is 10.4 Å². The molecular formula is C5H15NO4S. The van der Waals surface area contributed by atoms with E-state index < -0.39 is 10.4 Å². The first-order valence-electron chi connectivity index (χ1n) is 3.05. The highest BCUT2D eigenvalue weighted by atomic mass is 32.3. The van der Waals surface area contributed by atoms with E-state index in [1.807, 2.05) is 0 Å². The summed E-state index contributed by atoms with van der Waals surface area (Å²) in [7, 11) is -3.73. The second kappa shape index (κ2) is 5.48. The summed E-state index contributed by atoms with van der Waals surface area (Å²) in [5.74, 6) is 0. The predicted octanol–water partition coefficient (Wildman–Crippen LogP) is 0.855. The summed E-state index contributed by atoms with van der Waals surface area (Å²) < 4.78 is 29.9. The quantitative estimate of drug-likeness (QED) is 0.701. The molecule has 0 rings (SSSR count). The number of rotatable bonds is 4. The summed E-state index contributed by atoms with van der Waals surface area (Å²) in [4.78, 5) is 0. The molecule has 0 heterocycles. The van der Waals surface area contributed by atoms with Crippen molar-refractivity contribution in [2.75, 3.05) is 6.61 Å². The average molecular weight is 185 g/mol. The first-order chi connectivity index (χ1) is 4.48. The Morgan fingerprint density at radius 2 is 1.82 bits per heavy atom. The lowest BCUT2D eigenvalue weighted by atomic mass is 10.5. The van der Waals surface area contributed by atoms with Crippen LogP contribution in [0.15, 0.2) is 0 Å². The smallest absolute Gasteiger partial charge is 0.344 e. The maximum absolute atomic E-state index is 10.6. The fourth-order valence-corrected chi connectivity index (χ4v) is 1.22. The molecule has 0 saturated carbocycles. The van der Waals surface area contributed by atoms with Gasteiger partial charge in [0.25, 0.3) is 0 Å². The van der Waals surface area contributed by atoms with Crippen molar-refractivity contribution in [1.29, 1.82) is 0 Å². The van der Waals surface area contributed by atoms with Gasteiger partial charge in [-0.25, -0.2) is 8.37 Å². The molecule has 0 unspecified atom stereocenters. The van der Waals surface area contributed by atoms with Gasteiger partial charge in [-0.15, -0.1) is 0 Å². The van der Waals surface area contributed by atoms with Crippen molar-refractivity contribution in [3.05, 3.63) is 0 Å². The zero-order chi connectivity index (χ0) is 8.20. The third-order valence-corrected chi connectivity index (χ3v) is 1.72. The highest BCUT2D eigenvalue weighted by Crippen LogP contribution is 1.99. The fraction of sp³-hybridized carbons (Fsp3) is 1.00. The fourth-order valence-electron chi connectivity index (χ4n) is 0.408. The normalized spacial score (nSPS) is 11.3. The molecule has 0 aliphatic carbocycles. The van der Waals surface area contributed by atoms with E-state index in [1.54, 1.807) is 20.8 Å². The summed E-state index contributed by atoms with van der Waals surface area (Å²) in [5.41, 5.74) is 0. The van der Waals surface area contributed by atoms with Crippen LogP contribution in [0.2, 0.25) is 0 Å². The minimum absolute atomic E-state index is 0. The molecule has 0 radical (unpaired) electrons. The summed E-state index contributed by atoms with van der Waals surface area (Å²) in [5, 5.41) is 0. The molecule has 0 spiro atoms. The van der Waals surface area contributed by atoms with Gasteiger partial charge in [0.05, 0.1) is 12.7 Å². The molecule has 0 aliphatic rings. The Bertz CT molecular complexity index is 175. The molecule has 0 amide bonds. The summed E-state index contributed by atoms with van der Waals surface area (Å²) in [6.45, 7) is 4.93. The molecular weight excluding hydrogens is 170 g/mol. The lowest BCUT2D eigenvalue weighted by molar-refractivity contribution is 0.183. The highest BCUT2D eigenvalue weighted by Gasteiger charge is 2.11. The Morgan fingerprint density at radius 1 is 1.36 bits per heavy atom. The molecule has 70 valence electrons. The van der Waals surface area contributed by atoms with E-state index in [-0.39, 0.29) is 18.9 Å². The first kappa shape index (κ1) is 13.4. The highest BCUT2D eigenvalue weighted by molar-refractivity contribution is 7.81. The second-order valence-electron chi connectivity index (χ2n) is 1.96. The van der Waals surface area contributed by atoms with Crippen LogP contribution in [0.25, 0.3) is 0 Å². The molecule has 0 bridgehead atoms. The Kier molecular flexibility index (Phi) is 6.68. The third-order valence-electron chi connectivity index (χ3n) is 0.572. The molecule has 0 aliphatic heterocycles. The summed E-state index contributed by atoms with van der Waals surface area (Å²) in [6.07, 6.45) is -0.364. The van der Waals surface area contributed by atoms with E-state index in [4.69, 9.17) is 0 Å². The number of hydrogen-bond donors (Lipinski definition) is 1. The standard InChI is InChI=1S/C5H12O4S.H3N/c1-4-8-10(6,7)9-5(2)3;/h5H,4H2,1-3H3;1H3. The topological polar surface area (TPSA) is 87.6 Å². The molecule has 0 saturated heterocycles. The predicted molar refractivity (Wildman–Crippen MR) is 41.8 cm³/mol. The number of hydrogen-bond acceptors (Lipinski definition) is 5. The van der Waals surface area contributed by atoms with Gasteiger partial charge in [0.15, 0.2) is 0 Å². The van der Waals surface area contributed by atoms with E-state index in [0.29, 0.717) is 0 Å². The van der Waals surface area contributed by atoms with E-state index >= 15 is 0 Å². The van der Waals surface area contributed by atoms with Gasteiger partial charge in [-0.2, -0.15) is 8.42 Å². The summed E-state index contributed by atoms with van der Waals surface area (Å²) >= 11 is 0. The molecule has 5 nitrogen and oxygen atoms in total. The van der Waals surface area contributed by atoms with Gasteiger partial charge in [-0.3, -0.25) is 0 Å². The molecule has 3 N–H and O–H groups in total. The summed E-state index contributed by atoms with van der Waals surface area (Å²) in [6, 6.07) is 0. The Hall–Kier alpha value is -0.170. The zero-order valence-corrected chi connectivity index (χ0v) is 7.85. The maximum Gasteiger partial charge on any atom is 0.400 e. The minimum atomic E-state index is -3.73. The second-order valence-corrected chi connectivity index (χ2v) is 3.20. The molecule has 0 aromatic heterocycles. The molecule has 0 atom stereocenters. The van der Waals surface area contributed by atoms with Gasteiger partial charge in [-0.1, -0.05) is 0 Å². The van der Waals surface area contributed by atoms with Crippen molar-refractivity contribution in [2.24, 2.45) is 0 Å². The average Bonchev–Trinajstić information content (AvgIpc) is 1.59. The Balaban J connectivity index is 0. The van der Waals surface area contributed by atoms with Crippen LogP contribution in [0.5, 0.6) is 0 Å². The van der Waals surface area contributed by atoms with Gasteiger partial charge in [0.1, 0.15) is 0 Å². The van der Waals surface area contributed by atoms with Crippen molar-refractivity contribution in [3.63, 3.8) is 0 Å². The van der Waals surface area contributed by atoms with Crippen LogP contribution in [-0.4, -0.2) is 21.1 Å². The van der Waals surface area contributed by atoms with Crippen LogP contribution in [0.1, 0.15) is 20.8 Å². The van der Waals surface area contributed by atoms with Gasteiger partial charge in [0, 0.05) is 0 Å². The third kappa shape index (κ3) is 7.73. The van der Waals surface area contributed by atoms with Crippen molar-refractivity contribution in [1.82, 2.24) is 6.15 Å². The molecule has 0 aromatic rings. The molecule has 0 fully saturated rings. The monoisotopic (exact) mass is 185 g/mol. The Morgan fingerprint density at radius 3 is 2.09 bits per heavy atom. The lowest BCUT2D eigenvalue weighted by Gasteiger charge is -2.05. The molecule has 11 heavy (non-hydrogen) atoms. The first-order valence-corrected chi connectivity index (χ1v) is 4.39. The van der Waals surface area contributed by atoms with Gasteiger partial charge < -0.3 is 6.15 Å². The molecule has 6 heteroatoms. The van der Waals surface area contributed by atoms with E-state index in [1.165, 1.54) is 0 Å². The Labute approximate surface area is 67.6 Å². The van der Waals surface area contributed by atoms with Gasteiger partial charge in [-0.05, 0) is 20.8 Å². The SMILES string of the molecule is CCOS(=O)(=O)OC(C)C.N. The van der Waals surface area contributed by atoms with Crippen LogP contribution in [0, 0.1) is 0 Å². The van der Waals surface area contributed by atoms with E-state index in [0.717, 1.165) is 0 Å². The van der Waals surface area contributed by atoms with Crippen LogP contribution >= 0.6 is 0 Å². The van der Waals surface area contributed by atoms with Crippen LogP contribution in [-0.2, 0) is 18.8 Å². The lowest BCUT2D eigenvalue weighted by Crippen LogP contribution is -2.14. The van der Waals surface area contributed by atoms with Crippen LogP contribution in [0.3, 0.4) is 0 Å². The maximum atomic E-state index is 10.6. The van der Waals surface area contributed by atoms with Crippen LogP contribution < -0.4 is 6.15 Å². The van der Waals surface area contributed by atoms with Crippen LogP contribution in [0.4, 0.5) is 0 Å². The molecule has 0 aromatic carbocycles. The van der Waals surface area contributed by atoms with E-state index in [9.17, 15) is 8.42 Å². The van der Waals surface area contributed by atoms with Crippen molar-refractivity contribution in [2.45, 2.75) is 26.9 Å².